The summed E-state index contributed by atoms with van der Waals surface area (Å²) < 4.78 is 46.1. The maximum absolute atomic E-state index is 14.3. The molecule has 4 aromatic rings. The minimum Gasteiger partial charge on any atom is -0.488 e. The summed E-state index contributed by atoms with van der Waals surface area (Å²) in [6.45, 7) is 2.25. The highest BCUT2D eigenvalue weighted by Crippen LogP contribution is 2.30. The molecule has 12 nitrogen and oxygen atoms in total. The number of ether oxygens (including phenoxy) is 2. The Morgan fingerprint density at radius 3 is 2.35 bits per heavy atom. The van der Waals surface area contributed by atoms with Gasteiger partial charge in [0, 0.05) is 12.6 Å². The van der Waals surface area contributed by atoms with Crippen LogP contribution in [0.25, 0.3) is 11.1 Å². The molecule has 0 aliphatic carbocycles. The van der Waals surface area contributed by atoms with E-state index in [1.165, 1.54) is 42.7 Å². The summed E-state index contributed by atoms with van der Waals surface area (Å²) in [6.07, 6.45) is 6.77. The predicted molar refractivity (Wildman–Crippen MR) is 183 cm³/mol. The summed E-state index contributed by atoms with van der Waals surface area (Å²) in [7, 11) is -3.37. The second-order valence-electron chi connectivity index (χ2n) is 11.9. The van der Waals surface area contributed by atoms with Gasteiger partial charge in [-0.25, -0.2) is 9.78 Å². The third-order valence-electron chi connectivity index (χ3n) is 8.51. The molecular formula is C36H40N4O8S. The van der Waals surface area contributed by atoms with Gasteiger partial charge in [-0.15, -0.1) is 0 Å². The van der Waals surface area contributed by atoms with Gasteiger partial charge in [-0.2, -0.15) is 8.42 Å². The van der Waals surface area contributed by atoms with Crippen LogP contribution in [0.4, 0.5) is 5.82 Å². The number of likely N-dealkylation sites (tertiary alicyclic amines) is 1. The zero-order valence-corrected chi connectivity index (χ0v) is 28.2. The number of esters is 1. The van der Waals surface area contributed by atoms with E-state index in [4.69, 9.17) is 9.47 Å². The van der Waals surface area contributed by atoms with Crippen molar-refractivity contribution in [3.05, 3.63) is 97.0 Å². The fraction of sp³-hybridized carbons (Fsp3) is 0.333. The Kier molecular flexibility index (Phi) is 11.5. The molecule has 0 spiro atoms. The lowest BCUT2D eigenvalue weighted by molar-refractivity contribution is -0.152. The number of imidazole rings is 1. The van der Waals surface area contributed by atoms with E-state index in [0.717, 1.165) is 42.9 Å². The van der Waals surface area contributed by atoms with Crippen LogP contribution >= 0.6 is 0 Å². The molecule has 1 aliphatic rings. The van der Waals surface area contributed by atoms with Crippen LogP contribution in [0.15, 0.2) is 96.3 Å². The molecule has 258 valence electrons. The molecular weight excluding hydrogens is 648 g/mol. The highest BCUT2D eigenvalue weighted by molar-refractivity contribution is 7.86. The summed E-state index contributed by atoms with van der Waals surface area (Å²) >= 11 is 0. The molecule has 2 heterocycles. The largest absolute Gasteiger partial charge is 0.488 e. The number of hydrogen-bond acceptors (Lipinski definition) is 8. The lowest BCUT2D eigenvalue weighted by atomic mass is 10.1. The molecule has 13 heteroatoms. The normalized spacial score (nSPS) is 16.6. The number of rotatable bonds is 14. The van der Waals surface area contributed by atoms with E-state index >= 15 is 0 Å². The van der Waals surface area contributed by atoms with Gasteiger partial charge >= 0.3 is 5.97 Å². The highest BCUT2D eigenvalue weighted by atomic mass is 32.2. The Balaban J connectivity index is 1.34. The number of benzene rings is 3. The van der Waals surface area contributed by atoms with Gasteiger partial charge in [0.25, 0.3) is 16.0 Å². The topological polar surface area (TPSA) is 157 Å². The van der Waals surface area contributed by atoms with E-state index in [-0.39, 0.29) is 30.3 Å². The van der Waals surface area contributed by atoms with Crippen LogP contribution in [0.3, 0.4) is 0 Å². The van der Waals surface area contributed by atoms with Crippen molar-refractivity contribution in [3.8, 4) is 16.9 Å². The van der Waals surface area contributed by atoms with Crippen LogP contribution in [-0.2, 0) is 24.4 Å². The molecule has 0 radical (unpaired) electrons. The Morgan fingerprint density at radius 1 is 0.959 bits per heavy atom. The van der Waals surface area contributed by atoms with Crippen LogP contribution in [0.2, 0.25) is 0 Å². The molecule has 1 aliphatic heterocycles. The maximum atomic E-state index is 14.3. The molecule has 0 bridgehead atoms. The van der Waals surface area contributed by atoms with E-state index in [1.54, 1.807) is 4.57 Å². The van der Waals surface area contributed by atoms with Crippen molar-refractivity contribution in [2.24, 2.45) is 0 Å². The molecule has 1 saturated heterocycles. The molecule has 0 unspecified atom stereocenters. The number of hydrogen-bond donors (Lipinski definition) is 2. The van der Waals surface area contributed by atoms with Crippen LogP contribution in [0, 0.1) is 0 Å². The number of aromatic nitrogens is 2. The predicted octanol–water partition coefficient (Wildman–Crippen LogP) is 5.78. The fourth-order valence-corrected chi connectivity index (χ4v) is 6.71. The second-order valence-corrected chi connectivity index (χ2v) is 13.3. The van der Waals surface area contributed by atoms with Crippen molar-refractivity contribution in [1.29, 1.82) is 0 Å². The van der Waals surface area contributed by atoms with Crippen LogP contribution in [-0.4, -0.2) is 71.0 Å². The minimum absolute atomic E-state index is 0.0765. The molecule has 5 rings (SSSR count). The number of anilines is 1. The first-order valence-corrected chi connectivity index (χ1v) is 17.6. The van der Waals surface area contributed by atoms with E-state index < -0.39 is 45.1 Å². The van der Waals surface area contributed by atoms with Gasteiger partial charge in [0.1, 0.15) is 28.8 Å². The number of nitrogens with zero attached hydrogens (tertiary/aromatic N) is 3. The molecule has 1 aromatic heterocycles. The zero-order valence-electron chi connectivity index (χ0n) is 27.4. The summed E-state index contributed by atoms with van der Waals surface area (Å²) in [5, 5.41) is 2.55. The zero-order chi connectivity index (χ0) is 35.0. The minimum atomic E-state index is -4.65. The first-order valence-electron chi connectivity index (χ1n) is 16.2. The number of amides is 2. The summed E-state index contributed by atoms with van der Waals surface area (Å²) in [4.78, 5) is 45.4. The van der Waals surface area contributed by atoms with E-state index in [1.807, 2.05) is 54.6 Å². The average Bonchev–Trinajstić information content (AvgIpc) is 3.75. The smallest absolute Gasteiger partial charge is 0.328 e. The molecule has 3 atom stereocenters. The van der Waals surface area contributed by atoms with Gasteiger partial charge in [-0.3, -0.25) is 14.1 Å². The van der Waals surface area contributed by atoms with Gasteiger partial charge in [-0.05, 0) is 41.8 Å². The van der Waals surface area contributed by atoms with E-state index in [2.05, 4.69) is 17.2 Å². The number of methoxy groups -OCH3 is 1. The third-order valence-corrected chi connectivity index (χ3v) is 9.42. The number of unbranched alkanes of at least 4 members (excludes halogenated alkanes) is 3. The van der Waals surface area contributed by atoms with Crippen molar-refractivity contribution in [1.82, 2.24) is 14.5 Å². The quantitative estimate of drug-likeness (QED) is 0.0952. The second kappa shape index (κ2) is 15.9. The number of nitrogens with one attached hydrogen (secondary N) is 1. The molecule has 1 fully saturated rings. The lowest BCUT2D eigenvalue weighted by Gasteiger charge is -2.28. The Morgan fingerprint density at radius 2 is 1.65 bits per heavy atom. The molecule has 2 amide bonds. The number of carbonyl (C=O) groups excluding carboxylic acids is 3. The summed E-state index contributed by atoms with van der Waals surface area (Å²) in [6, 6.07) is 21.3. The molecule has 49 heavy (non-hydrogen) atoms. The van der Waals surface area contributed by atoms with Gasteiger partial charge in [0.2, 0.25) is 5.91 Å². The van der Waals surface area contributed by atoms with Crippen molar-refractivity contribution in [2.45, 2.75) is 68.5 Å². The van der Waals surface area contributed by atoms with Crippen molar-refractivity contribution in [3.63, 3.8) is 0 Å². The Hall–Kier alpha value is -5.01. The fourth-order valence-electron chi connectivity index (χ4n) is 6.03. The van der Waals surface area contributed by atoms with E-state index in [0.29, 0.717) is 12.2 Å². The molecule has 3 aromatic carbocycles. The van der Waals surface area contributed by atoms with Gasteiger partial charge in [0.15, 0.2) is 5.82 Å². The third kappa shape index (κ3) is 8.72. The highest BCUT2D eigenvalue weighted by Gasteiger charge is 2.43. The van der Waals surface area contributed by atoms with Crippen molar-refractivity contribution < 1.29 is 36.8 Å². The van der Waals surface area contributed by atoms with Gasteiger partial charge in [0.05, 0.1) is 25.5 Å². The average molecular weight is 689 g/mol. The Labute approximate surface area is 285 Å². The first kappa shape index (κ1) is 35.3. The maximum Gasteiger partial charge on any atom is 0.328 e. The lowest BCUT2D eigenvalue weighted by Crippen LogP contribution is -2.44. The summed E-state index contributed by atoms with van der Waals surface area (Å²) in [5.41, 5.74) is 1.85. The standard InChI is InChI=1S/C36H40N4O8S/c1-3-4-5-9-15-30(39-23-33(37-24-39)38-34(41)29-14-10-11-16-32(29)49(44,45)46)35(42)40-22-28(21-31(40)36(43)47-2)48-27-19-17-26(18-20-27)25-12-7-6-8-13-25/h6-8,10-14,16-20,23-24,28,30-31H,3-5,9,15,21-22H2,1-2H3,(H,38,41)(H,44,45,46)/t28-,30+,31-/m0/s1. The number of carbonyl (C=O) groups is 3. The first-order chi connectivity index (χ1) is 23.6. The monoisotopic (exact) mass is 688 g/mol. The Bertz CT molecular complexity index is 1860. The van der Waals surface area contributed by atoms with Gasteiger partial charge < -0.3 is 24.3 Å². The van der Waals surface area contributed by atoms with Gasteiger partial charge in [-0.1, -0.05) is 87.2 Å². The van der Waals surface area contributed by atoms with Crippen LogP contribution in [0.1, 0.15) is 61.8 Å². The molecule has 2 N–H and O–H groups in total. The molecule has 0 saturated carbocycles. The van der Waals surface area contributed by atoms with Crippen LogP contribution in [0.5, 0.6) is 5.75 Å². The van der Waals surface area contributed by atoms with Crippen LogP contribution < -0.4 is 10.1 Å². The van der Waals surface area contributed by atoms with Crippen molar-refractivity contribution in [2.75, 3.05) is 19.0 Å². The summed E-state index contributed by atoms with van der Waals surface area (Å²) in [5.74, 6) is -0.965. The SMILES string of the molecule is CCCCCC[C@H](C(=O)N1C[C@@H](Oc2ccc(-c3ccccc3)cc2)C[C@H]1C(=O)OC)n1cnc(NC(=O)c2ccccc2S(=O)(=O)O)c1. The van der Waals surface area contributed by atoms with Crippen molar-refractivity contribution >= 4 is 33.7 Å². The van der Waals surface area contributed by atoms with E-state index in [9.17, 15) is 27.4 Å².